The van der Waals surface area contributed by atoms with E-state index in [1.165, 1.54) is 0 Å². The summed E-state index contributed by atoms with van der Waals surface area (Å²) >= 11 is 3.42. The average molecular weight is 410 g/mol. The maximum absolute atomic E-state index is 13.0. The summed E-state index contributed by atoms with van der Waals surface area (Å²) in [6.45, 7) is 6.54. The van der Waals surface area contributed by atoms with Gasteiger partial charge in [0.15, 0.2) is 0 Å². The van der Waals surface area contributed by atoms with Crippen molar-refractivity contribution in [1.29, 1.82) is 0 Å². The fourth-order valence-electron chi connectivity index (χ4n) is 2.65. The summed E-state index contributed by atoms with van der Waals surface area (Å²) in [6, 6.07) is 17.0. The Kier molecular flexibility index (Phi) is 6.61. The third-order valence-electron chi connectivity index (χ3n) is 3.88. The number of hydrogen-bond donors (Lipinski definition) is 0. The van der Waals surface area contributed by atoms with Crippen molar-refractivity contribution in [3.63, 3.8) is 0 Å². The molecule has 0 aromatic heterocycles. The first kappa shape index (κ1) is 19.2. The molecule has 1 atom stereocenters. The molecule has 0 spiro atoms. The van der Waals surface area contributed by atoms with Crippen LogP contribution >= 0.6 is 15.9 Å². The van der Waals surface area contributed by atoms with Gasteiger partial charge in [-0.25, -0.2) is 8.42 Å². The predicted octanol–water partition coefficient (Wildman–Crippen LogP) is 5.00. The van der Waals surface area contributed by atoms with Crippen LogP contribution in [0.2, 0.25) is 0 Å². The van der Waals surface area contributed by atoms with E-state index in [1.54, 1.807) is 4.31 Å². The third kappa shape index (κ3) is 5.16. The van der Waals surface area contributed by atoms with Crippen LogP contribution in [0, 0.1) is 5.92 Å². The van der Waals surface area contributed by atoms with Crippen molar-refractivity contribution in [3.05, 3.63) is 70.2 Å². The van der Waals surface area contributed by atoms with Crippen LogP contribution in [0.25, 0.3) is 0 Å². The smallest absolute Gasteiger partial charge is 0.212 e. The van der Waals surface area contributed by atoms with Crippen LogP contribution in [-0.4, -0.2) is 19.3 Å². The molecule has 0 heterocycles. The summed E-state index contributed by atoms with van der Waals surface area (Å²) in [4.78, 5) is 0. The molecule has 2 aromatic rings. The van der Waals surface area contributed by atoms with E-state index in [0.29, 0.717) is 6.54 Å². The topological polar surface area (TPSA) is 37.4 Å². The lowest BCUT2D eigenvalue weighted by Crippen LogP contribution is -2.37. The molecular formula is C19H24BrNO2S. The Labute approximate surface area is 153 Å². The Morgan fingerprint density at radius 2 is 1.54 bits per heavy atom. The van der Waals surface area contributed by atoms with E-state index < -0.39 is 10.0 Å². The van der Waals surface area contributed by atoms with Crippen molar-refractivity contribution in [2.24, 2.45) is 5.92 Å². The molecule has 0 saturated heterocycles. The van der Waals surface area contributed by atoms with Crippen LogP contribution in [0.3, 0.4) is 0 Å². The monoisotopic (exact) mass is 409 g/mol. The number of hydrogen-bond acceptors (Lipinski definition) is 2. The fourth-order valence-corrected chi connectivity index (χ4v) is 4.82. The van der Waals surface area contributed by atoms with Crippen LogP contribution in [-0.2, 0) is 15.8 Å². The number of halogens is 1. The van der Waals surface area contributed by atoms with Crippen molar-refractivity contribution in [2.45, 2.75) is 32.6 Å². The van der Waals surface area contributed by atoms with Gasteiger partial charge in [-0.1, -0.05) is 72.2 Å². The van der Waals surface area contributed by atoms with Crippen LogP contribution in [0.5, 0.6) is 0 Å². The summed E-state index contributed by atoms with van der Waals surface area (Å²) < 4.78 is 28.7. The standard InChI is InChI=1S/C19H24BrNO2S/c1-15(2)13-21(16(3)18-9-11-19(20)12-10-18)24(22,23)14-17-7-5-4-6-8-17/h4-12,15-16H,13-14H2,1-3H3/t16-/m1/s1. The first-order valence-corrected chi connectivity index (χ1v) is 10.5. The first-order valence-electron chi connectivity index (χ1n) is 8.08. The Bertz CT molecular complexity index is 743. The highest BCUT2D eigenvalue weighted by atomic mass is 79.9. The van der Waals surface area contributed by atoms with Gasteiger partial charge < -0.3 is 0 Å². The third-order valence-corrected chi connectivity index (χ3v) is 6.29. The van der Waals surface area contributed by atoms with Gasteiger partial charge in [0.25, 0.3) is 0 Å². The maximum Gasteiger partial charge on any atom is 0.218 e. The molecule has 0 aliphatic carbocycles. The van der Waals surface area contributed by atoms with Crippen molar-refractivity contribution in [1.82, 2.24) is 4.31 Å². The Morgan fingerprint density at radius 1 is 0.958 bits per heavy atom. The lowest BCUT2D eigenvalue weighted by Gasteiger charge is -2.30. The molecule has 130 valence electrons. The zero-order valence-electron chi connectivity index (χ0n) is 14.3. The van der Waals surface area contributed by atoms with Crippen LogP contribution in [0.4, 0.5) is 0 Å². The van der Waals surface area contributed by atoms with E-state index in [9.17, 15) is 8.42 Å². The molecule has 0 N–H and O–H groups in total. The first-order chi connectivity index (χ1) is 11.3. The molecule has 0 radical (unpaired) electrons. The highest BCUT2D eigenvalue weighted by molar-refractivity contribution is 9.10. The lowest BCUT2D eigenvalue weighted by atomic mass is 10.1. The van der Waals surface area contributed by atoms with Gasteiger partial charge in [-0.3, -0.25) is 0 Å². The molecule has 3 nitrogen and oxygen atoms in total. The second kappa shape index (κ2) is 8.28. The van der Waals surface area contributed by atoms with Crippen molar-refractivity contribution in [2.75, 3.05) is 6.54 Å². The van der Waals surface area contributed by atoms with Crippen molar-refractivity contribution >= 4 is 26.0 Å². The molecule has 24 heavy (non-hydrogen) atoms. The van der Waals surface area contributed by atoms with E-state index in [2.05, 4.69) is 15.9 Å². The maximum atomic E-state index is 13.0. The Balaban J connectivity index is 2.31. The summed E-state index contributed by atoms with van der Waals surface area (Å²) in [7, 11) is -3.41. The number of sulfonamides is 1. The SMILES string of the molecule is CC(C)CN([C@H](C)c1ccc(Br)cc1)S(=O)(=O)Cc1ccccc1. The Hall–Kier alpha value is -1.17. The van der Waals surface area contributed by atoms with Crippen LogP contribution in [0.15, 0.2) is 59.1 Å². The zero-order valence-corrected chi connectivity index (χ0v) is 16.7. The van der Waals surface area contributed by atoms with Gasteiger partial charge in [0.05, 0.1) is 5.75 Å². The second-order valence-electron chi connectivity index (χ2n) is 6.43. The molecule has 0 amide bonds. The second-order valence-corrected chi connectivity index (χ2v) is 9.27. The molecule has 0 fully saturated rings. The molecule has 0 unspecified atom stereocenters. The van der Waals surface area contributed by atoms with Gasteiger partial charge in [0.2, 0.25) is 10.0 Å². The quantitative estimate of drug-likeness (QED) is 0.644. The minimum absolute atomic E-state index is 0.0292. The van der Waals surface area contributed by atoms with E-state index in [0.717, 1.165) is 15.6 Å². The predicted molar refractivity (Wildman–Crippen MR) is 103 cm³/mol. The summed E-state index contributed by atoms with van der Waals surface area (Å²) in [6.07, 6.45) is 0. The van der Waals surface area contributed by atoms with Crippen LogP contribution in [0.1, 0.15) is 37.9 Å². The van der Waals surface area contributed by atoms with Gasteiger partial charge in [-0.2, -0.15) is 4.31 Å². The van der Waals surface area contributed by atoms with Crippen molar-refractivity contribution in [3.8, 4) is 0 Å². The van der Waals surface area contributed by atoms with E-state index in [-0.39, 0.29) is 17.7 Å². The van der Waals surface area contributed by atoms with Gasteiger partial charge in [-0.05, 0) is 36.1 Å². The molecule has 2 aromatic carbocycles. The molecular weight excluding hydrogens is 386 g/mol. The number of nitrogens with zero attached hydrogens (tertiary/aromatic N) is 1. The summed E-state index contributed by atoms with van der Waals surface area (Å²) in [5, 5.41) is 0. The summed E-state index contributed by atoms with van der Waals surface area (Å²) in [5.74, 6) is 0.287. The largest absolute Gasteiger partial charge is 0.218 e. The minimum Gasteiger partial charge on any atom is -0.212 e. The average Bonchev–Trinajstić information content (AvgIpc) is 2.53. The fraction of sp³-hybridized carbons (Fsp3) is 0.368. The van der Waals surface area contributed by atoms with Gasteiger partial charge in [-0.15, -0.1) is 0 Å². The highest BCUT2D eigenvalue weighted by Crippen LogP contribution is 2.27. The summed E-state index contributed by atoms with van der Waals surface area (Å²) in [5.41, 5.74) is 1.81. The Morgan fingerprint density at radius 3 is 2.08 bits per heavy atom. The lowest BCUT2D eigenvalue weighted by molar-refractivity contribution is 0.308. The molecule has 0 aliphatic rings. The molecule has 0 aliphatic heterocycles. The van der Waals surface area contributed by atoms with Crippen LogP contribution < -0.4 is 0 Å². The van der Waals surface area contributed by atoms with E-state index >= 15 is 0 Å². The van der Waals surface area contributed by atoms with E-state index in [1.807, 2.05) is 75.4 Å². The zero-order chi connectivity index (χ0) is 17.7. The van der Waals surface area contributed by atoms with E-state index in [4.69, 9.17) is 0 Å². The van der Waals surface area contributed by atoms with Crippen molar-refractivity contribution < 1.29 is 8.42 Å². The minimum atomic E-state index is -3.41. The highest BCUT2D eigenvalue weighted by Gasteiger charge is 2.29. The number of benzene rings is 2. The van der Waals surface area contributed by atoms with Gasteiger partial charge in [0, 0.05) is 17.1 Å². The van der Waals surface area contributed by atoms with Gasteiger partial charge in [0.1, 0.15) is 0 Å². The number of rotatable bonds is 7. The molecule has 0 saturated carbocycles. The molecule has 2 rings (SSSR count). The van der Waals surface area contributed by atoms with Gasteiger partial charge >= 0.3 is 0 Å². The molecule has 0 bridgehead atoms. The normalized spacial score (nSPS) is 13.4. The molecule has 5 heteroatoms.